The van der Waals surface area contributed by atoms with Gasteiger partial charge in [0, 0.05) is 50.4 Å². The Balaban J connectivity index is 0.000000180. The van der Waals surface area contributed by atoms with E-state index in [-0.39, 0.29) is 35.6 Å². The van der Waals surface area contributed by atoms with E-state index >= 15 is 0 Å². The van der Waals surface area contributed by atoms with Gasteiger partial charge in [-0.15, -0.1) is 0 Å². The molecule has 3 N–H and O–H groups in total. The maximum absolute atomic E-state index is 13.8. The molecule has 62 heavy (non-hydrogen) atoms. The minimum Gasteiger partial charge on any atom is -0.368 e. The largest absolute Gasteiger partial charge is 0.368 e. The van der Waals surface area contributed by atoms with Crippen LogP contribution in [0.4, 0.5) is 16.0 Å². The third-order valence-corrected chi connectivity index (χ3v) is 13.1. The number of fused-ring (bicyclic) bond motifs is 1. The Morgan fingerprint density at radius 3 is 2.27 bits per heavy atom. The van der Waals surface area contributed by atoms with Crippen molar-refractivity contribution >= 4 is 46.8 Å². The highest BCUT2D eigenvalue weighted by molar-refractivity contribution is 6.00. The number of allylic oxidation sites excluding steroid dienone is 1. The highest BCUT2D eigenvalue weighted by Gasteiger charge is 2.32. The zero-order chi connectivity index (χ0) is 43.6. The topological polar surface area (TPSA) is 169 Å². The summed E-state index contributed by atoms with van der Waals surface area (Å²) in [5.41, 5.74) is 9.45. The number of nitrogens with two attached hydrogens (primary N) is 1. The van der Waals surface area contributed by atoms with Crippen LogP contribution in [0.15, 0.2) is 65.7 Å². The number of aryl methyl sites for hydroxylation is 1. The molecule has 4 aliphatic heterocycles. The molecule has 9 rings (SSSR count). The first-order valence-electron chi connectivity index (χ1n) is 22.4. The molecule has 14 nitrogen and oxygen atoms in total. The number of piperidine rings is 3. The van der Waals surface area contributed by atoms with Gasteiger partial charge in [-0.1, -0.05) is 62.8 Å². The van der Waals surface area contributed by atoms with E-state index in [4.69, 9.17) is 5.73 Å². The summed E-state index contributed by atoms with van der Waals surface area (Å²) in [7, 11) is 1.75. The highest BCUT2D eigenvalue weighted by Crippen LogP contribution is 2.32. The van der Waals surface area contributed by atoms with Gasteiger partial charge in [0.25, 0.3) is 0 Å². The van der Waals surface area contributed by atoms with Gasteiger partial charge in [0.1, 0.15) is 11.7 Å². The average Bonchev–Trinajstić information content (AvgIpc) is 3.55. The number of carbonyl (C=O) groups excluding carboxylic acids is 4. The van der Waals surface area contributed by atoms with E-state index in [1.807, 2.05) is 17.0 Å². The summed E-state index contributed by atoms with van der Waals surface area (Å²) >= 11 is 0. The van der Waals surface area contributed by atoms with E-state index in [0.29, 0.717) is 30.0 Å². The quantitative estimate of drug-likeness (QED) is 0.147. The van der Waals surface area contributed by atoms with Crippen LogP contribution in [0.1, 0.15) is 114 Å². The molecule has 0 radical (unpaired) electrons. The number of benzene rings is 2. The Labute approximate surface area is 362 Å². The number of hydrogen-bond acceptors (Lipinski definition) is 9. The first-order valence-corrected chi connectivity index (χ1v) is 22.4. The molecule has 330 valence electrons. The molecule has 3 saturated heterocycles. The summed E-state index contributed by atoms with van der Waals surface area (Å²) in [6.45, 7) is 5.07. The number of nitrogen functional groups attached to an aromatic ring is 1. The SMILES string of the molecule is C1CCCCC1.Cn1c(=O)n(C2CCC(=O)NC2=O)c2ccc(C3CCN(CCC4CCN(C=O)CC4)CC3)cc21.Nc1ncc(F)c(-c2cccc(N3C=CCCC3=O)c2)n1. The van der Waals surface area contributed by atoms with E-state index in [1.54, 1.807) is 51.5 Å². The smallest absolute Gasteiger partial charge is 0.329 e. The fourth-order valence-corrected chi connectivity index (χ4v) is 9.33. The van der Waals surface area contributed by atoms with Gasteiger partial charge < -0.3 is 15.5 Å². The summed E-state index contributed by atoms with van der Waals surface area (Å²) < 4.78 is 17.0. The molecule has 1 aliphatic carbocycles. The van der Waals surface area contributed by atoms with Gasteiger partial charge in [-0.2, -0.15) is 0 Å². The Bertz CT molecular complexity index is 2290. The van der Waals surface area contributed by atoms with E-state index in [1.165, 1.54) is 50.5 Å². The van der Waals surface area contributed by atoms with Gasteiger partial charge in [0.05, 0.1) is 17.2 Å². The highest BCUT2D eigenvalue weighted by atomic mass is 19.1. The van der Waals surface area contributed by atoms with Crippen molar-refractivity contribution < 1.29 is 23.6 Å². The lowest BCUT2D eigenvalue weighted by Crippen LogP contribution is -2.44. The number of rotatable bonds is 8. The zero-order valence-corrected chi connectivity index (χ0v) is 35.9. The van der Waals surface area contributed by atoms with Gasteiger partial charge in [0.15, 0.2) is 5.82 Å². The molecule has 0 bridgehead atoms. The van der Waals surface area contributed by atoms with E-state index in [0.717, 1.165) is 94.4 Å². The summed E-state index contributed by atoms with van der Waals surface area (Å²) in [5.74, 6) is -0.0375. The zero-order valence-electron chi connectivity index (χ0n) is 35.9. The normalized spacial score (nSPS) is 20.3. The van der Waals surface area contributed by atoms with Gasteiger partial charge in [-0.3, -0.25) is 38.5 Å². The molecule has 4 amide bonds. The monoisotopic (exact) mass is 849 g/mol. The number of nitrogens with zero attached hydrogens (tertiary/aromatic N) is 7. The molecule has 1 atom stereocenters. The average molecular weight is 850 g/mol. The summed E-state index contributed by atoms with van der Waals surface area (Å²) in [6.07, 6.45) is 22.1. The fraction of sp³-hybridized carbons (Fsp3) is 0.511. The van der Waals surface area contributed by atoms with Crippen LogP contribution in [0, 0.1) is 11.7 Å². The standard InChI is InChI=1S/C26H35N5O4.C15H13FN4O.C6H12/c1-28-23-16-20(2-3-21(23)31(26(28)35)22-4-5-24(33)27-25(22)34)19-9-14-29(15-10-19)11-6-18-7-12-30(17-32)13-8-18;16-12-9-18-15(17)19-14(12)10-4-3-5-11(8-10)20-7-2-1-6-13(20)21;1-2-4-6-5-3-1/h2-3,16-19,22H,4-15H2,1H3,(H,27,33,34);2-5,7-9H,1,6H2,(H2,17,18,19);1-6H2. The number of nitrogens with one attached hydrogen (secondary N) is 1. The van der Waals surface area contributed by atoms with Crippen molar-refractivity contribution in [3.63, 3.8) is 0 Å². The van der Waals surface area contributed by atoms with Gasteiger partial charge >= 0.3 is 5.69 Å². The van der Waals surface area contributed by atoms with Crippen molar-refractivity contribution in [1.82, 2.24) is 34.2 Å². The molecule has 1 saturated carbocycles. The molecule has 2 aromatic carbocycles. The van der Waals surface area contributed by atoms with Gasteiger partial charge in [0.2, 0.25) is 30.1 Å². The minimum atomic E-state index is -0.649. The van der Waals surface area contributed by atoms with E-state index < -0.39 is 17.8 Å². The predicted octanol–water partition coefficient (Wildman–Crippen LogP) is 6.60. The van der Waals surface area contributed by atoms with Crippen LogP contribution in [0.5, 0.6) is 0 Å². The van der Waals surface area contributed by atoms with Crippen LogP contribution >= 0.6 is 0 Å². The predicted molar refractivity (Wildman–Crippen MR) is 237 cm³/mol. The number of aromatic nitrogens is 4. The lowest BCUT2D eigenvalue weighted by atomic mass is 9.88. The number of imidazole rings is 1. The lowest BCUT2D eigenvalue weighted by molar-refractivity contribution is -0.135. The second kappa shape index (κ2) is 20.9. The van der Waals surface area contributed by atoms with Crippen LogP contribution in [0.3, 0.4) is 0 Å². The van der Waals surface area contributed by atoms with Gasteiger partial charge in [-0.05, 0) is 106 Å². The molecule has 6 heterocycles. The molecule has 4 aromatic rings. The van der Waals surface area contributed by atoms with Crippen molar-refractivity contribution in [2.45, 2.75) is 108 Å². The Morgan fingerprint density at radius 1 is 0.871 bits per heavy atom. The molecule has 5 aliphatic rings. The molecular weight excluding hydrogens is 790 g/mol. The first-order chi connectivity index (χ1) is 30.1. The van der Waals surface area contributed by atoms with Crippen LogP contribution in [-0.2, 0) is 26.2 Å². The molecule has 1 unspecified atom stereocenters. The number of carbonyl (C=O) groups is 4. The van der Waals surface area contributed by atoms with Crippen molar-refractivity contribution in [3.05, 3.63) is 82.8 Å². The number of anilines is 2. The van der Waals surface area contributed by atoms with E-state index in [2.05, 4.69) is 32.3 Å². The summed E-state index contributed by atoms with van der Waals surface area (Å²) in [4.78, 5) is 73.3. The molecule has 2 aromatic heterocycles. The molecule has 4 fully saturated rings. The second-order valence-electron chi connectivity index (χ2n) is 17.2. The van der Waals surface area contributed by atoms with Gasteiger partial charge in [-0.25, -0.2) is 19.2 Å². The number of amides is 4. The lowest BCUT2D eigenvalue weighted by Gasteiger charge is -2.34. The van der Waals surface area contributed by atoms with Crippen molar-refractivity contribution in [2.24, 2.45) is 13.0 Å². The molecular formula is C47H60FN9O5. The molecule has 0 spiro atoms. The Kier molecular flexibility index (Phi) is 15.0. The Morgan fingerprint density at radius 2 is 1.60 bits per heavy atom. The van der Waals surface area contributed by atoms with Crippen LogP contribution < -0.4 is 21.6 Å². The second-order valence-corrected chi connectivity index (χ2v) is 17.2. The van der Waals surface area contributed by atoms with Crippen LogP contribution in [0.2, 0.25) is 0 Å². The number of imide groups is 1. The third-order valence-electron chi connectivity index (χ3n) is 13.1. The number of hydrogen-bond donors (Lipinski definition) is 2. The number of likely N-dealkylation sites (tertiary alicyclic amines) is 2. The minimum absolute atomic E-state index is 0.00532. The summed E-state index contributed by atoms with van der Waals surface area (Å²) in [5, 5.41) is 2.36. The van der Waals surface area contributed by atoms with Crippen LogP contribution in [0.25, 0.3) is 22.3 Å². The summed E-state index contributed by atoms with van der Waals surface area (Å²) in [6, 6.07) is 12.5. The third kappa shape index (κ3) is 10.8. The maximum atomic E-state index is 13.8. The molecule has 15 heteroatoms. The maximum Gasteiger partial charge on any atom is 0.329 e. The first kappa shape index (κ1) is 44.4. The fourth-order valence-electron chi connectivity index (χ4n) is 9.33. The Hall–Kier alpha value is -5.70. The van der Waals surface area contributed by atoms with E-state index in [9.17, 15) is 28.4 Å². The number of halogens is 1. The van der Waals surface area contributed by atoms with Crippen molar-refractivity contribution in [1.29, 1.82) is 0 Å². The van der Waals surface area contributed by atoms with Crippen molar-refractivity contribution in [2.75, 3.05) is 43.4 Å². The van der Waals surface area contributed by atoms with Crippen LogP contribution in [-0.4, -0.2) is 85.8 Å². The van der Waals surface area contributed by atoms with Crippen molar-refractivity contribution in [3.8, 4) is 11.3 Å².